The van der Waals surface area contributed by atoms with Gasteiger partial charge in [0.2, 0.25) is 5.91 Å². The van der Waals surface area contributed by atoms with Crippen LogP contribution in [-0.2, 0) is 9.59 Å². The number of hydrogen-bond donors (Lipinski definition) is 1. The largest absolute Gasteiger partial charge is 0.310 e. The van der Waals surface area contributed by atoms with Gasteiger partial charge >= 0.3 is 0 Å². The molecule has 0 bridgehead atoms. The van der Waals surface area contributed by atoms with Crippen molar-refractivity contribution in [2.24, 2.45) is 11.0 Å². The summed E-state index contributed by atoms with van der Waals surface area (Å²) in [5.74, 6) is -1.29. The summed E-state index contributed by atoms with van der Waals surface area (Å²) in [7, 11) is 0. The smallest absolute Gasteiger partial charge is 0.261 e. The predicted octanol–water partition coefficient (Wildman–Crippen LogP) is 1.90. The summed E-state index contributed by atoms with van der Waals surface area (Å²) in [4.78, 5) is 29.1. The Hall–Kier alpha value is -3.02. The Bertz CT molecular complexity index is 744. The summed E-state index contributed by atoms with van der Waals surface area (Å²) in [6.45, 7) is 2.24. The number of anilines is 1. The number of nitrogens with one attached hydrogen (secondary N) is 1. The lowest BCUT2D eigenvalue weighted by Gasteiger charge is -2.13. The van der Waals surface area contributed by atoms with Crippen molar-refractivity contribution in [3.63, 3.8) is 0 Å². The lowest BCUT2D eigenvalue weighted by atomic mass is 9.96. The fourth-order valence-electron chi connectivity index (χ4n) is 2.43. The van der Waals surface area contributed by atoms with Crippen molar-refractivity contribution in [1.82, 2.24) is 9.99 Å². The number of pyridine rings is 1. The zero-order chi connectivity index (χ0) is 16.2. The molecule has 0 saturated carbocycles. The molecule has 0 spiro atoms. The number of hydrogen-bond acceptors (Lipinski definition) is 4. The van der Waals surface area contributed by atoms with Crippen LogP contribution in [0.2, 0.25) is 0 Å². The number of nitrogens with zero attached hydrogens (tertiary/aromatic N) is 3. The highest BCUT2D eigenvalue weighted by Crippen LogP contribution is 2.22. The highest BCUT2D eigenvalue weighted by Gasteiger charge is 2.41. The first-order valence-corrected chi connectivity index (χ1v) is 7.38. The van der Waals surface area contributed by atoms with Crippen LogP contribution < -0.4 is 5.32 Å². The van der Waals surface area contributed by atoms with Crippen molar-refractivity contribution in [2.45, 2.75) is 6.92 Å². The van der Waals surface area contributed by atoms with Crippen molar-refractivity contribution >= 4 is 23.3 Å². The van der Waals surface area contributed by atoms with Crippen LogP contribution in [0.3, 0.4) is 0 Å². The van der Waals surface area contributed by atoms with E-state index in [1.165, 1.54) is 5.01 Å². The van der Waals surface area contributed by atoms with E-state index in [0.29, 0.717) is 18.1 Å². The van der Waals surface area contributed by atoms with Crippen molar-refractivity contribution < 1.29 is 9.59 Å². The van der Waals surface area contributed by atoms with Crippen molar-refractivity contribution in [3.8, 4) is 0 Å². The van der Waals surface area contributed by atoms with Crippen LogP contribution in [0.1, 0.15) is 12.5 Å². The molecule has 0 saturated heterocycles. The maximum Gasteiger partial charge on any atom is 0.261 e. The first-order valence-electron chi connectivity index (χ1n) is 7.38. The van der Waals surface area contributed by atoms with Crippen LogP contribution >= 0.6 is 0 Å². The van der Waals surface area contributed by atoms with Gasteiger partial charge in [-0.2, -0.15) is 5.10 Å². The van der Waals surface area contributed by atoms with Gasteiger partial charge in [-0.15, -0.1) is 0 Å². The molecule has 2 amide bonds. The summed E-state index contributed by atoms with van der Waals surface area (Å²) in [6, 6.07) is 14.5. The molecule has 1 aromatic heterocycles. The van der Waals surface area contributed by atoms with E-state index in [9.17, 15) is 9.59 Å². The first-order chi connectivity index (χ1) is 11.2. The van der Waals surface area contributed by atoms with E-state index in [-0.39, 0.29) is 5.91 Å². The van der Waals surface area contributed by atoms with Gasteiger partial charge in [0.25, 0.3) is 5.91 Å². The molecule has 116 valence electrons. The van der Waals surface area contributed by atoms with Gasteiger partial charge in [0, 0.05) is 12.7 Å². The van der Waals surface area contributed by atoms with Crippen LogP contribution in [0.25, 0.3) is 0 Å². The fourth-order valence-corrected chi connectivity index (χ4v) is 2.43. The van der Waals surface area contributed by atoms with Gasteiger partial charge in [0.05, 0.1) is 5.71 Å². The average Bonchev–Trinajstić information content (AvgIpc) is 2.93. The molecule has 0 radical (unpaired) electrons. The minimum Gasteiger partial charge on any atom is -0.310 e. The maximum absolute atomic E-state index is 12.6. The number of amides is 2. The molecule has 1 unspecified atom stereocenters. The second-order valence-corrected chi connectivity index (χ2v) is 5.04. The highest BCUT2D eigenvalue weighted by atomic mass is 16.2. The molecule has 23 heavy (non-hydrogen) atoms. The highest BCUT2D eigenvalue weighted by molar-refractivity contribution is 6.29. The molecule has 1 atom stereocenters. The number of carbonyl (C=O) groups excluding carboxylic acids is 2. The van der Waals surface area contributed by atoms with Crippen LogP contribution in [0.5, 0.6) is 0 Å². The molecule has 1 aromatic carbocycles. The van der Waals surface area contributed by atoms with Gasteiger partial charge in [0.15, 0.2) is 5.92 Å². The number of benzene rings is 1. The predicted molar refractivity (Wildman–Crippen MR) is 86.7 cm³/mol. The Kier molecular flexibility index (Phi) is 4.14. The average molecular weight is 308 g/mol. The van der Waals surface area contributed by atoms with Crippen molar-refractivity contribution in [3.05, 3.63) is 60.3 Å². The third-order valence-corrected chi connectivity index (χ3v) is 3.55. The Morgan fingerprint density at radius 1 is 1.17 bits per heavy atom. The van der Waals surface area contributed by atoms with Crippen molar-refractivity contribution in [2.75, 3.05) is 11.9 Å². The van der Waals surface area contributed by atoms with E-state index < -0.39 is 11.8 Å². The van der Waals surface area contributed by atoms with Crippen LogP contribution in [0, 0.1) is 5.92 Å². The quantitative estimate of drug-likeness (QED) is 0.877. The van der Waals surface area contributed by atoms with Crippen molar-refractivity contribution in [1.29, 1.82) is 0 Å². The minimum absolute atomic E-state index is 0.320. The van der Waals surface area contributed by atoms with Crippen LogP contribution in [0.4, 0.5) is 5.82 Å². The van der Waals surface area contributed by atoms with E-state index in [2.05, 4.69) is 15.4 Å². The zero-order valence-electron chi connectivity index (χ0n) is 12.6. The summed E-state index contributed by atoms with van der Waals surface area (Å²) in [6.07, 6.45) is 1.58. The summed E-state index contributed by atoms with van der Waals surface area (Å²) >= 11 is 0. The molecule has 3 rings (SSSR count). The molecule has 1 N–H and O–H groups in total. The SMILES string of the molecule is CCN1N=C(c2ccccc2)C(C(=O)Nc2ccccn2)C1=O. The minimum atomic E-state index is -0.959. The first kappa shape index (κ1) is 14.9. The molecule has 2 aromatic rings. The molecule has 6 heteroatoms. The topological polar surface area (TPSA) is 74.7 Å². The Morgan fingerprint density at radius 2 is 1.91 bits per heavy atom. The van der Waals surface area contributed by atoms with Gasteiger partial charge in [-0.25, -0.2) is 9.99 Å². The van der Waals surface area contributed by atoms with Crippen LogP contribution in [0.15, 0.2) is 59.8 Å². The summed E-state index contributed by atoms with van der Waals surface area (Å²) < 4.78 is 0. The third kappa shape index (κ3) is 2.96. The number of aromatic nitrogens is 1. The van der Waals surface area contributed by atoms with Gasteiger partial charge in [-0.05, 0) is 24.6 Å². The van der Waals surface area contributed by atoms with E-state index in [1.54, 1.807) is 24.4 Å². The molecule has 2 heterocycles. The normalized spacial score (nSPS) is 17.1. The van der Waals surface area contributed by atoms with E-state index in [4.69, 9.17) is 0 Å². The van der Waals surface area contributed by atoms with Gasteiger partial charge in [-0.3, -0.25) is 9.59 Å². The standard InChI is InChI=1S/C17H16N4O2/c1-2-21-17(23)14(15(20-21)12-8-4-3-5-9-12)16(22)19-13-10-6-7-11-18-13/h3-11,14H,2H2,1H3,(H,18,19,22). The number of hydrazone groups is 1. The number of carbonyl (C=O) groups is 2. The zero-order valence-corrected chi connectivity index (χ0v) is 12.6. The summed E-state index contributed by atoms with van der Waals surface area (Å²) in [5, 5.41) is 8.33. The molecule has 1 aliphatic rings. The Labute approximate surface area is 133 Å². The number of rotatable bonds is 4. The molecule has 1 aliphatic heterocycles. The maximum atomic E-state index is 12.6. The van der Waals surface area contributed by atoms with E-state index >= 15 is 0 Å². The monoisotopic (exact) mass is 308 g/mol. The van der Waals surface area contributed by atoms with Gasteiger partial charge in [0.1, 0.15) is 5.82 Å². The molecule has 0 fully saturated rings. The van der Waals surface area contributed by atoms with Crippen LogP contribution in [-0.4, -0.2) is 34.1 Å². The lowest BCUT2D eigenvalue weighted by molar-refractivity contribution is -0.135. The summed E-state index contributed by atoms with van der Waals surface area (Å²) in [5.41, 5.74) is 1.23. The molecule has 6 nitrogen and oxygen atoms in total. The fraction of sp³-hybridized carbons (Fsp3) is 0.176. The van der Waals surface area contributed by atoms with E-state index in [1.807, 2.05) is 37.3 Å². The third-order valence-electron chi connectivity index (χ3n) is 3.55. The molecule has 0 aliphatic carbocycles. The second kappa shape index (κ2) is 6.39. The molecular weight excluding hydrogens is 292 g/mol. The second-order valence-electron chi connectivity index (χ2n) is 5.04. The van der Waals surface area contributed by atoms with Gasteiger partial charge in [-0.1, -0.05) is 36.4 Å². The Morgan fingerprint density at radius 3 is 2.57 bits per heavy atom. The Balaban J connectivity index is 1.90. The van der Waals surface area contributed by atoms with Gasteiger partial charge < -0.3 is 5.32 Å². The van der Waals surface area contributed by atoms with E-state index in [0.717, 1.165) is 5.56 Å². The molecular formula is C17H16N4O2. The lowest BCUT2D eigenvalue weighted by Crippen LogP contribution is -2.37.